The van der Waals surface area contributed by atoms with Crippen molar-refractivity contribution in [3.05, 3.63) is 102 Å². The van der Waals surface area contributed by atoms with Crippen LogP contribution in [0.3, 0.4) is 0 Å². The van der Waals surface area contributed by atoms with Crippen molar-refractivity contribution in [1.29, 1.82) is 0 Å². The number of carbonyl (C=O) groups is 1. The van der Waals surface area contributed by atoms with Gasteiger partial charge >= 0.3 is 6.03 Å². The van der Waals surface area contributed by atoms with Crippen LogP contribution < -0.4 is 15.4 Å². The lowest BCUT2D eigenvalue weighted by Gasteiger charge is -2.20. The number of ether oxygens (including phenoxy) is 1. The Labute approximate surface area is 158 Å². The fourth-order valence-corrected chi connectivity index (χ4v) is 2.63. The molecule has 138 valence electrons. The molecule has 0 radical (unpaired) electrons. The zero-order chi connectivity index (χ0) is 18.9. The molecular formula is C22H21FN2O2. The largest absolute Gasteiger partial charge is 0.488 e. The highest BCUT2D eigenvalue weighted by Gasteiger charge is 2.16. The Morgan fingerprint density at radius 2 is 1.52 bits per heavy atom. The number of hydrogen-bond acceptors (Lipinski definition) is 2. The number of para-hydroxylation sites is 1. The van der Waals surface area contributed by atoms with E-state index in [1.165, 1.54) is 6.07 Å². The number of carbonyl (C=O) groups excluding carboxylic acids is 1. The zero-order valence-electron chi connectivity index (χ0n) is 14.8. The molecule has 0 unspecified atom stereocenters. The van der Waals surface area contributed by atoms with Gasteiger partial charge in [-0.05, 0) is 23.3 Å². The van der Waals surface area contributed by atoms with Crippen LogP contribution >= 0.6 is 0 Å². The summed E-state index contributed by atoms with van der Waals surface area (Å²) < 4.78 is 19.4. The van der Waals surface area contributed by atoms with Gasteiger partial charge in [-0.1, -0.05) is 72.8 Å². The molecule has 0 spiro atoms. The second-order valence-electron chi connectivity index (χ2n) is 6.02. The summed E-state index contributed by atoms with van der Waals surface area (Å²) in [6, 6.07) is 24.6. The summed E-state index contributed by atoms with van der Waals surface area (Å²) in [5.74, 6) is -0.275. The molecule has 0 heterocycles. The van der Waals surface area contributed by atoms with Crippen molar-refractivity contribution in [3.63, 3.8) is 0 Å². The molecule has 1 atom stereocenters. The quantitative estimate of drug-likeness (QED) is 0.651. The van der Waals surface area contributed by atoms with E-state index in [9.17, 15) is 9.18 Å². The predicted octanol–water partition coefficient (Wildman–Crippen LogP) is 4.45. The van der Waals surface area contributed by atoms with Gasteiger partial charge in [-0.25, -0.2) is 9.18 Å². The van der Waals surface area contributed by atoms with Gasteiger partial charge in [0.2, 0.25) is 0 Å². The lowest BCUT2D eigenvalue weighted by Crippen LogP contribution is -2.39. The van der Waals surface area contributed by atoms with Crippen LogP contribution in [0, 0.1) is 5.82 Å². The summed E-state index contributed by atoms with van der Waals surface area (Å²) in [4.78, 5) is 12.3. The number of rotatable bonds is 7. The molecule has 0 saturated carbocycles. The maximum Gasteiger partial charge on any atom is 0.315 e. The van der Waals surface area contributed by atoms with Crippen LogP contribution in [0.4, 0.5) is 9.18 Å². The highest BCUT2D eigenvalue weighted by Crippen LogP contribution is 2.19. The second kappa shape index (κ2) is 9.38. The molecule has 27 heavy (non-hydrogen) atoms. The third-order valence-corrected chi connectivity index (χ3v) is 4.05. The molecule has 0 aliphatic carbocycles. The fraction of sp³-hybridized carbons (Fsp3) is 0.136. The van der Waals surface area contributed by atoms with Crippen LogP contribution in [0.2, 0.25) is 0 Å². The van der Waals surface area contributed by atoms with E-state index in [-0.39, 0.29) is 18.4 Å². The number of amides is 2. The SMILES string of the molecule is O=C(NCc1ccccc1)N[C@@H](COc1ccccc1F)c1ccccc1. The van der Waals surface area contributed by atoms with Gasteiger partial charge in [0.15, 0.2) is 11.6 Å². The Kier molecular flexibility index (Phi) is 6.41. The maximum absolute atomic E-state index is 13.8. The number of halogens is 1. The van der Waals surface area contributed by atoms with Crippen LogP contribution in [0.25, 0.3) is 0 Å². The molecule has 0 aromatic heterocycles. The lowest BCUT2D eigenvalue weighted by molar-refractivity contribution is 0.221. The summed E-state index contributed by atoms with van der Waals surface area (Å²) in [7, 11) is 0. The highest BCUT2D eigenvalue weighted by molar-refractivity contribution is 5.74. The average molecular weight is 364 g/mol. The van der Waals surface area contributed by atoms with Crippen molar-refractivity contribution in [2.75, 3.05) is 6.61 Å². The van der Waals surface area contributed by atoms with Crippen molar-refractivity contribution in [3.8, 4) is 5.75 Å². The first-order valence-electron chi connectivity index (χ1n) is 8.73. The Bertz CT molecular complexity index is 856. The van der Waals surface area contributed by atoms with E-state index in [2.05, 4.69) is 10.6 Å². The van der Waals surface area contributed by atoms with Crippen LogP contribution in [0.1, 0.15) is 17.2 Å². The number of urea groups is 1. The monoisotopic (exact) mass is 364 g/mol. The Morgan fingerprint density at radius 3 is 2.22 bits per heavy atom. The molecule has 5 heteroatoms. The van der Waals surface area contributed by atoms with Crippen molar-refractivity contribution in [2.24, 2.45) is 0 Å². The van der Waals surface area contributed by atoms with Crippen LogP contribution in [-0.4, -0.2) is 12.6 Å². The third kappa shape index (κ3) is 5.57. The molecule has 3 rings (SSSR count). The fourth-order valence-electron chi connectivity index (χ4n) is 2.63. The summed E-state index contributed by atoms with van der Waals surface area (Å²) in [6.07, 6.45) is 0. The predicted molar refractivity (Wildman–Crippen MR) is 103 cm³/mol. The Morgan fingerprint density at radius 1 is 0.889 bits per heavy atom. The molecular weight excluding hydrogens is 343 g/mol. The zero-order valence-corrected chi connectivity index (χ0v) is 14.8. The summed E-state index contributed by atoms with van der Waals surface area (Å²) >= 11 is 0. The highest BCUT2D eigenvalue weighted by atomic mass is 19.1. The minimum Gasteiger partial charge on any atom is -0.488 e. The topological polar surface area (TPSA) is 50.4 Å². The first-order chi connectivity index (χ1) is 13.2. The van der Waals surface area contributed by atoms with E-state index in [0.29, 0.717) is 6.54 Å². The molecule has 2 amide bonds. The molecule has 0 aliphatic rings. The van der Waals surface area contributed by atoms with Gasteiger partial charge in [0.25, 0.3) is 0 Å². The molecule has 0 aliphatic heterocycles. The lowest BCUT2D eigenvalue weighted by atomic mass is 10.1. The van der Waals surface area contributed by atoms with E-state index in [1.807, 2.05) is 60.7 Å². The van der Waals surface area contributed by atoms with Crippen molar-refractivity contribution in [2.45, 2.75) is 12.6 Å². The van der Waals surface area contributed by atoms with Crippen molar-refractivity contribution < 1.29 is 13.9 Å². The number of hydrogen-bond donors (Lipinski definition) is 2. The van der Waals surface area contributed by atoms with Crippen molar-refractivity contribution in [1.82, 2.24) is 10.6 Å². The molecule has 0 fully saturated rings. The molecule has 2 N–H and O–H groups in total. The normalized spacial score (nSPS) is 11.4. The van der Waals surface area contributed by atoms with E-state index < -0.39 is 11.9 Å². The van der Waals surface area contributed by atoms with Gasteiger partial charge < -0.3 is 15.4 Å². The Hall–Kier alpha value is -3.34. The summed E-state index contributed by atoms with van der Waals surface area (Å²) in [5, 5.41) is 5.72. The van der Waals surface area contributed by atoms with Gasteiger partial charge in [-0.15, -0.1) is 0 Å². The van der Waals surface area contributed by atoms with E-state index in [0.717, 1.165) is 11.1 Å². The minimum atomic E-state index is -0.433. The molecule has 3 aromatic carbocycles. The van der Waals surface area contributed by atoms with Crippen LogP contribution in [0.15, 0.2) is 84.9 Å². The minimum absolute atomic E-state index is 0.115. The first-order valence-corrected chi connectivity index (χ1v) is 8.73. The molecule has 3 aromatic rings. The van der Waals surface area contributed by atoms with Gasteiger partial charge in [-0.2, -0.15) is 0 Å². The smallest absolute Gasteiger partial charge is 0.315 e. The van der Waals surface area contributed by atoms with Crippen LogP contribution in [-0.2, 0) is 6.54 Å². The van der Waals surface area contributed by atoms with E-state index in [4.69, 9.17) is 4.74 Å². The van der Waals surface area contributed by atoms with Crippen LogP contribution in [0.5, 0.6) is 5.75 Å². The average Bonchev–Trinajstić information content (AvgIpc) is 2.72. The summed E-state index contributed by atoms with van der Waals surface area (Å²) in [6.45, 7) is 0.534. The van der Waals surface area contributed by atoms with Gasteiger partial charge in [0.05, 0.1) is 6.04 Å². The van der Waals surface area contributed by atoms with Gasteiger partial charge in [0.1, 0.15) is 6.61 Å². The first kappa shape index (κ1) is 18.5. The Balaban J connectivity index is 1.63. The second-order valence-corrected chi connectivity index (χ2v) is 6.02. The molecule has 0 saturated heterocycles. The standard InChI is InChI=1S/C22H21FN2O2/c23-19-13-7-8-14-21(19)27-16-20(18-11-5-2-6-12-18)25-22(26)24-15-17-9-3-1-4-10-17/h1-14,20H,15-16H2,(H2,24,25,26)/t20-/m0/s1. The van der Waals surface area contributed by atoms with Gasteiger partial charge in [-0.3, -0.25) is 0 Å². The molecule has 0 bridgehead atoms. The van der Waals surface area contributed by atoms with Gasteiger partial charge in [0, 0.05) is 6.54 Å². The summed E-state index contributed by atoms with van der Waals surface area (Å²) in [5.41, 5.74) is 1.88. The van der Waals surface area contributed by atoms with Crippen molar-refractivity contribution >= 4 is 6.03 Å². The maximum atomic E-state index is 13.8. The van der Waals surface area contributed by atoms with E-state index in [1.54, 1.807) is 18.2 Å². The third-order valence-electron chi connectivity index (χ3n) is 4.05. The number of benzene rings is 3. The number of nitrogens with one attached hydrogen (secondary N) is 2. The molecule has 4 nitrogen and oxygen atoms in total. The van der Waals surface area contributed by atoms with E-state index >= 15 is 0 Å².